The maximum Gasteiger partial charge on any atom is 0.339 e. The van der Waals surface area contributed by atoms with Crippen LogP contribution in [0.5, 0.6) is 11.5 Å². The first-order valence-corrected chi connectivity index (χ1v) is 35.2. The van der Waals surface area contributed by atoms with Gasteiger partial charge in [-0.2, -0.15) is 0 Å². The molecule has 0 spiro atoms. The van der Waals surface area contributed by atoms with Gasteiger partial charge in [0.25, 0.3) is 0 Å². The van der Waals surface area contributed by atoms with Crippen LogP contribution in [-0.4, -0.2) is 120 Å². The Morgan fingerprint density at radius 1 is 0.589 bits per heavy atom. The molecule has 0 radical (unpaired) electrons. The van der Waals surface area contributed by atoms with Crippen molar-refractivity contribution in [3.8, 4) is 11.5 Å². The van der Waals surface area contributed by atoms with Crippen LogP contribution >= 0.6 is 51.2 Å². The van der Waals surface area contributed by atoms with Gasteiger partial charge in [0.2, 0.25) is 10.7 Å². The molecule has 6 saturated carbocycles. The lowest BCUT2D eigenvalue weighted by Gasteiger charge is -2.63. The summed E-state index contributed by atoms with van der Waals surface area (Å²) < 4.78 is 90.7. The fraction of sp³-hybridized carbons (Fsp3) is 0.500. The van der Waals surface area contributed by atoms with E-state index in [1.165, 1.54) is 24.3 Å². The number of aromatic hydroxyl groups is 2. The maximum atomic E-state index is 17.6. The van der Waals surface area contributed by atoms with Crippen molar-refractivity contribution in [2.45, 2.75) is 149 Å². The smallest absolute Gasteiger partial charge is 0.339 e. The summed E-state index contributed by atoms with van der Waals surface area (Å²) in [6.07, 6.45) is 1.14. The average Bonchev–Trinajstić information content (AvgIpc) is 1.58. The Balaban J connectivity index is 0.000000195. The largest absolute Gasteiger partial charge is 0.508 e. The van der Waals surface area contributed by atoms with E-state index < -0.39 is 138 Å². The van der Waals surface area contributed by atoms with E-state index in [0.29, 0.717) is 54.0 Å². The third kappa shape index (κ3) is 11.2. The van der Waals surface area contributed by atoms with Gasteiger partial charge < -0.3 is 25.5 Å². The van der Waals surface area contributed by atoms with Gasteiger partial charge in [-0.25, -0.2) is 31.1 Å². The van der Waals surface area contributed by atoms with E-state index in [4.69, 9.17) is 9.68 Å². The van der Waals surface area contributed by atoms with Crippen LogP contribution in [0.1, 0.15) is 92.2 Å². The number of anilines is 2. The molecule has 0 amide bonds. The predicted molar refractivity (Wildman–Crippen MR) is 360 cm³/mol. The van der Waals surface area contributed by atoms with Gasteiger partial charge >= 0.3 is 5.97 Å². The summed E-state index contributed by atoms with van der Waals surface area (Å²) >= 11 is 6.25. The maximum absolute atomic E-state index is 17.6. The van der Waals surface area contributed by atoms with Crippen molar-refractivity contribution < 1.29 is 80.7 Å². The topological polar surface area (TPSA) is 194 Å². The summed E-state index contributed by atoms with van der Waals surface area (Å²) in [7, 11) is 0. The molecule has 0 unspecified atom stereocenters. The quantitative estimate of drug-likeness (QED) is 0.0540. The Kier molecular flexibility index (Phi) is 20.2. The SMILES string of the molecule is C.C.C[C@]12C=CC(=O)C=C1[C@@H](F)C[C@H]1[C@@H]3C[C@H]4CN(c5ccc(CSc6ccc(O)cc6)cc5)O[C@@]4(C(=O)O)[C@@]3(C)C[C@H](O)[C@@]12F.C[C@]12C=CC(=O)C=C1[C@@H](F)C[C@H]1[C@@H]3C[C@H]4CN(c5ccc(CSc6ccc(O)cc6)cc5)O[C@@]4(C(=O)SCF)[C@@]3(C)C[C@H](O)[C@@]12F.FCBr. The summed E-state index contributed by atoms with van der Waals surface area (Å²) in [4.78, 5) is 66.5. The van der Waals surface area contributed by atoms with Gasteiger partial charge in [-0.1, -0.05) is 92.8 Å². The second-order valence-electron chi connectivity index (χ2n) is 27.2. The molecule has 95 heavy (non-hydrogen) atoms. The summed E-state index contributed by atoms with van der Waals surface area (Å²) in [6, 6.07) is 28.4. The highest BCUT2D eigenvalue weighted by Crippen LogP contribution is 2.75. The zero-order chi connectivity index (χ0) is 66.6. The van der Waals surface area contributed by atoms with E-state index in [9.17, 15) is 53.5 Å². The number of aliphatic carboxylic acids is 1. The monoisotopic (exact) mass is 1440 g/mol. The van der Waals surface area contributed by atoms with Gasteiger partial charge in [0.05, 0.1) is 36.7 Å². The van der Waals surface area contributed by atoms with E-state index in [1.807, 2.05) is 79.7 Å². The number of hydrogen-bond donors (Lipinski definition) is 5. The third-order valence-electron chi connectivity index (χ3n) is 23.0. The molecule has 13 nitrogen and oxygen atoms in total. The van der Waals surface area contributed by atoms with Gasteiger partial charge in [-0.15, -0.1) is 23.5 Å². The fourth-order valence-electron chi connectivity index (χ4n) is 18.6. The molecule has 0 aromatic heterocycles. The second-order valence-corrected chi connectivity index (χ2v) is 30.6. The lowest BCUT2D eigenvalue weighted by Crippen LogP contribution is -2.70. The van der Waals surface area contributed by atoms with Crippen molar-refractivity contribution in [2.24, 2.45) is 57.2 Å². The number of phenolic OH excluding ortho intramolecular Hbond substituents is 2. The first-order valence-electron chi connectivity index (χ1n) is 31.1. The first kappa shape index (κ1) is 72.2. The molecule has 23 heteroatoms. The van der Waals surface area contributed by atoms with Crippen LogP contribution in [0.25, 0.3) is 0 Å². The van der Waals surface area contributed by atoms with Crippen molar-refractivity contribution in [1.29, 1.82) is 0 Å². The highest BCUT2D eigenvalue weighted by molar-refractivity contribution is 9.09. The molecule has 4 aromatic carbocycles. The molecule has 4 aromatic rings. The van der Waals surface area contributed by atoms with Crippen LogP contribution in [0.2, 0.25) is 0 Å². The minimum atomic E-state index is -2.27. The number of ketones is 2. The highest BCUT2D eigenvalue weighted by atomic mass is 79.9. The van der Waals surface area contributed by atoms with Crippen molar-refractivity contribution in [3.05, 3.63) is 156 Å². The molecule has 2 heterocycles. The highest BCUT2D eigenvalue weighted by Gasteiger charge is 2.82. The number of benzene rings is 4. The Labute approximate surface area is 571 Å². The minimum Gasteiger partial charge on any atom is -0.508 e. The van der Waals surface area contributed by atoms with Gasteiger partial charge in [0.15, 0.2) is 28.5 Å². The Hall–Kier alpha value is -5.53. The minimum absolute atomic E-state index is 0. The van der Waals surface area contributed by atoms with Crippen LogP contribution in [0.3, 0.4) is 0 Å². The number of carboxylic acids is 1. The van der Waals surface area contributed by atoms with Crippen LogP contribution < -0.4 is 10.1 Å². The zero-order valence-corrected chi connectivity index (χ0v) is 55.4. The molecule has 10 aliphatic rings. The van der Waals surface area contributed by atoms with Crippen LogP contribution in [0, 0.1) is 57.2 Å². The molecule has 8 fully saturated rings. The number of carbonyl (C=O) groups excluding carboxylic acids is 3. The van der Waals surface area contributed by atoms with Crippen LogP contribution in [0.4, 0.5) is 37.7 Å². The number of halogens is 7. The van der Waals surface area contributed by atoms with Crippen molar-refractivity contribution in [2.75, 3.05) is 34.8 Å². The first-order chi connectivity index (χ1) is 44.1. The molecule has 5 N–H and O–H groups in total. The van der Waals surface area contributed by atoms with E-state index in [0.717, 1.165) is 33.1 Å². The third-order valence-corrected chi connectivity index (χ3v) is 25.8. The number of hydroxylamine groups is 2. The second kappa shape index (κ2) is 26.6. The van der Waals surface area contributed by atoms with Gasteiger partial charge in [0.1, 0.15) is 35.4 Å². The number of hydrogen-bond acceptors (Lipinski definition) is 15. The number of aliphatic hydroxyl groups is 2. The summed E-state index contributed by atoms with van der Waals surface area (Å²) in [5.41, 5.74) is -9.99. The molecule has 18 atom stereocenters. The predicted octanol–water partition coefficient (Wildman–Crippen LogP) is 15.3. The molecule has 512 valence electrons. The number of thioether (sulfide) groups is 3. The molecule has 2 saturated heterocycles. The number of carbonyl (C=O) groups is 4. The fourth-order valence-corrected chi connectivity index (χ4v) is 21.1. The van der Waals surface area contributed by atoms with Crippen LogP contribution in [-0.2, 0) is 40.4 Å². The lowest BCUT2D eigenvalue weighted by molar-refractivity contribution is -0.233. The number of rotatable bonds is 11. The van der Waals surface area contributed by atoms with Crippen molar-refractivity contribution >= 4 is 85.2 Å². The van der Waals surface area contributed by atoms with Crippen molar-refractivity contribution in [1.82, 2.24) is 0 Å². The Bertz CT molecular complexity index is 3710. The van der Waals surface area contributed by atoms with E-state index in [1.54, 1.807) is 78.7 Å². The van der Waals surface area contributed by atoms with Crippen molar-refractivity contribution in [3.63, 3.8) is 0 Å². The number of fused-ring (bicyclic) bond motifs is 14. The molecule has 14 rings (SSSR count). The van der Waals surface area contributed by atoms with Gasteiger partial charge in [-0.05, 0) is 184 Å². The standard InChI is InChI=1S/C35H36F3NO5S2.C34H35F2NO6S.CH2BrF.2CH4/c1-32-12-11-24(41)14-28(32)29(37)15-27-26-13-21-17-39(22-5-3-20(4-6-22)18-45-25-9-7-23(40)8-10-25)44-35(21,31(43)46-19-36)33(26,2)16-30(42)34(27,32)38;1-31-12-11-23(39)14-27(31)28(35)15-26-25-13-20-17-37(43-34(20,30(41)42)32(25,2)16-29(40)33(26,31)36)21-5-3-19(4-6-21)18-44-24-9-7-22(38)8-10-24;2-1-3;;/h3-12,14,21,26-27,29-30,40,42H,13,15-19H2,1-2H3;3-12,14,20,25-26,28-29,38,40H,13,15-18H2,1-2H3,(H,41,42);1H2;2*1H4/t21-,26-,27-,29-,30-,32-,33-,34-,35-;20-,25-,26-,28-,29-,31-,32-,33-,34-;;;/m00.../s1. The number of nitrogens with zero attached hydrogens (tertiary/aromatic N) is 2. The van der Waals surface area contributed by atoms with E-state index >= 15 is 17.6 Å². The summed E-state index contributed by atoms with van der Waals surface area (Å²) in [5, 5.41) is 55.8. The number of allylic oxidation sites excluding steroid dienone is 8. The zero-order valence-electron chi connectivity index (χ0n) is 51.4. The molecule has 0 bridgehead atoms. The summed E-state index contributed by atoms with van der Waals surface area (Å²) in [6.45, 7) is 7.21. The van der Waals surface area contributed by atoms with E-state index in [2.05, 4.69) is 15.9 Å². The Morgan fingerprint density at radius 3 is 1.34 bits per heavy atom. The van der Waals surface area contributed by atoms with Gasteiger partial charge in [0, 0.05) is 66.6 Å². The molecular formula is C72H81BrF6N2O11S3. The number of phenols is 2. The molecule has 8 aliphatic carbocycles. The van der Waals surface area contributed by atoms with Crippen LogP contribution in [0.15, 0.2) is 154 Å². The van der Waals surface area contributed by atoms with E-state index in [-0.39, 0.29) is 69.7 Å². The van der Waals surface area contributed by atoms with Gasteiger partial charge in [-0.3, -0.25) is 34.2 Å². The summed E-state index contributed by atoms with van der Waals surface area (Å²) in [5.74, 6) is -4.12. The average molecular weight is 1440 g/mol. The normalized spacial score (nSPS) is 38.0. The number of aliphatic hydroxyl groups excluding tert-OH is 2. The molecule has 2 aliphatic heterocycles. The molecular weight excluding hydrogens is 1360 g/mol. The lowest BCUT2D eigenvalue weighted by atomic mass is 9.44. The number of alkyl halides is 7. The Morgan fingerprint density at radius 2 is 0.958 bits per heavy atom. The number of carboxylic acid groups (broad SMARTS) is 1.